The summed E-state index contributed by atoms with van der Waals surface area (Å²) in [6.07, 6.45) is 4.11. The molecule has 0 fully saturated rings. The van der Waals surface area contributed by atoms with Crippen LogP contribution >= 0.6 is 0 Å². The minimum absolute atomic E-state index is 0.662. The van der Waals surface area contributed by atoms with Gasteiger partial charge in [0.25, 0.3) is 0 Å². The van der Waals surface area contributed by atoms with Gasteiger partial charge in [-0.15, -0.1) is 0 Å². The molecule has 90 valence electrons. The van der Waals surface area contributed by atoms with Gasteiger partial charge in [0.2, 0.25) is 0 Å². The second-order valence-corrected chi connectivity index (χ2v) is 4.59. The maximum absolute atomic E-state index is 5.89. The van der Waals surface area contributed by atoms with E-state index in [1.54, 1.807) is 0 Å². The van der Waals surface area contributed by atoms with Crippen molar-refractivity contribution in [1.82, 2.24) is 0 Å². The lowest BCUT2D eigenvalue weighted by Crippen LogP contribution is -2.05. The Morgan fingerprint density at radius 3 is 2.39 bits per heavy atom. The van der Waals surface area contributed by atoms with Crippen molar-refractivity contribution in [2.45, 2.75) is 19.4 Å². The monoisotopic (exact) mass is 236 g/mol. The quantitative estimate of drug-likeness (QED) is 0.785. The van der Waals surface area contributed by atoms with E-state index in [0.717, 1.165) is 18.6 Å². The number of ether oxygens (including phenoxy) is 1. The molecule has 1 aliphatic carbocycles. The highest BCUT2D eigenvalue weighted by Gasteiger charge is 2.10. The highest BCUT2D eigenvalue weighted by Crippen LogP contribution is 2.22. The minimum Gasteiger partial charge on any atom is -0.493 e. The molecule has 0 radical (unpaired) electrons. The van der Waals surface area contributed by atoms with Crippen LogP contribution in [0.15, 0.2) is 66.4 Å². The van der Waals surface area contributed by atoms with E-state index in [1.807, 2.05) is 18.2 Å². The summed E-state index contributed by atoms with van der Waals surface area (Å²) in [6, 6.07) is 18.9. The molecule has 0 aromatic heterocycles. The molecule has 0 unspecified atom stereocenters. The molecule has 0 amide bonds. The number of fused-ring (bicyclic) bond motifs is 1. The SMILES string of the molecule is C1=C(OCc2ccccc2)Cc2ccccc2C1. The smallest absolute Gasteiger partial charge is 0.113 e. The van der Waals surface area contributed by atoms with Crippen LogP contribution in [0.5, 0.6) is 0 Å². The summed E-state index contributed by atoms with van der Waals surface area (Å²) < 4.78 is 5.89. The van der Waals surface area contributed by atoms with Gasteiger partial charge < -0.3 is 4.74 Å². The maximum Gasteiger partial charge on any atom is 0.113 e. The normalized spacial score (nSPS) is 13.7. The van der Waals surface area contributed by atoms with Crippen molar-refractivity contribution in [2.75, 3.05) is 0 Å². The van der Waals surface area contributed by atoms with Crippen LogP contribution in [0.1, 0.15) is 16.7 Å². The summed E-state index contributed by atoms with van der Waals surface area (Å²) in [4.78, 5) is 0. The number of rotatable bonds is 3. The Kier molecular flexibility index (Phi) is 3.14. The van der Waals surface area contributed by atoms with E-state index in [4.69, 9.17) is 4.74 Å². The zero-order valence-electron chi connectivity index (χ0n) is 10.3. The van der Waals surface area contributed by atoms with Gasteiger partial charge in [-0.2, -0.15) is 0 Å². The Bertz CT molecular complexity index is 555. The van der Waals surface area contributed by atoms with Crippen molar-refractivity contribution in [3.63, 3.8) is 0 Å². The van der Waals surface area contributed by atoms with Gasteiger partial charge in [-0.05, 0) is 29.2 Å². The summed E-state index contributed by atoms with van der Waals surface area (Å²) in [6.45, 7) is 0.662. The average Bonchev–Trinajstić information content (AvgIpc) is 2.46. The summed E-state index contributed by atoms with van der Waals surface area (Å²) in [5.74, 6) is 1.09. The van der Waals surface area contributed by atoms with Crippen LogP contribution in [0.4, 0.5) is 0 Å². The van der Waals surface area contributed by atoms with Gasteiger partial charge in [0.05, 0.1) is 5.76 Å². The molecule has 0 N–H and O–H groups in total. The Hall–Kier alpha value is -2.02. The van der Waals surface area contributed by atoms with Gasteiger partial charge in [-0.1, -0.05) is 54.6 Å². The van der Waals surface area contributed by atoms with Gasteiger partial charge in [0.1, 0.15) is 6.61 Å². The first-order valence-corrected chi connectivity index (χ1v) is 6.34. The van der Waals surface area contributed by atoms with Crippen molar-refractivity contribution < 1.29 is 4.74 Å². The number of hydrogen-bond donors (Lipinski definition) is 0. The third-order valence-electron chi connectivity index (χ3n) is 3.30. The van der Waals surface area contributed by atoms with Crippen LogP contribution in [0, 0.1) is 0 Å². The lowest BCUT2D eigenvalue weighted by atomic mass is 9.96. The lowest BCUT2D eigenvalue weighted by Gasteiger charge is -2.17. The van der Waals surface area contributed by atoms with Crippen molar-refractivity contribution in [3.05, 3.63) is 83.1 Å². The van der Waals surface area contributed by atoms with E-state index < -0.39 is 0 Å². The number of benzene rings is 2. The fourth-order valence-electron chi connectivity index (χ4n) is 2.27. The Balaban J connectivity index is 1.64. The zero-order valence-corrected chi connectivity index (χ0v) is 10.3. The lowest BCUT2D eigenvalue weighted by molar-refractivity contribution is 0.191. The third kappa shape index (κ3) is 2.45. The van der Waals surface area contributed by atoms with Crippen LogP contribution in [0.2, 0.25) is 0 Å². The fraction of sp³-hybridized carbons (Fsp3) is 0.176. The highest BCUT2D eigenvalue weighted by atomic mass is 16.5. The molecule has 0 saturated carbocycles. The van der Waals surface area contributed by atoms with E-state index in [2.05, 4.69) is 42.5 Å². The molecule has 18 heavy (non-hydrogen) atoms. The summed E-state index contributed by atoms with van der Waals surface area (Å²) >= 11 is 0. The molecule has 3 rings (SSSR count). The van der Waals surface area contributed by atoms with Gasteiger partial charge in [0.15, 0.2) is 0 Å². The average molecular weight is 236 g/mol. The van der Waals surface area contributed by atoms with E-state index >= 15 is 0 Å². The Morgan fingerprint density at radius 1 is 0.833 bits per heavy atom. The first-order valence-electron chi connectivity index (χ1n) is 6.34. The first kappa shape index (κ1) is 11.1. The summed E-state index contributed by atoms with van der Waals surface area (Å²) in [7, 11) is 0. The molecule has 0 spiro atoms. The second-order valence-electron chi connectivity index (χ2n) is 4.59. The van der Waals surface area contributed by atoms with Crippen LogP contribution in [-0.4, -0.2) is 0 Å². The molecule has 0 saturated heterocycles. The van der Waals surface area contributed by atoms with E-state index in [9.17, 15) is 0 Å². The molecular formula is C17H16O. The highest BCUT2D eigenvalue weighted by molar-refractivity contribution is 5.35. The molecule has 1 aliphatic rings. The molecule has 0 atom stereocenters. The predicted molar refractivity (Wildman–Crippen MR) is 73.2 cm³/mol. The van der Waals surface area contributed by atoms with E-state index in [1.165, 1.54) is 16.7 Å². The molecular weight excluding hydrogens is 220 g/mol. The Labute approximate surface area is 108 Å². The van der Waals surface area contributed by atoms with E-state index in [-0.39, 0.29) is 0 Å². The topological polar surface area (TPSA) is 9.23 Å². The molecule has 2 aromatic carbocycles. The zero-order chi connectivity index (χ0) is 12.2. The molecule has 0 heterocycles. The largest absolute Gasteiger partial charge is 0.493 e. The number of hydrogen-bond acceptors (Lipinski definition) is 1. The molecule has 2 aromatic rings. The van der Waals surface area contributed by atoms with Crippen LogP contribution in [0.3, 0.4) is 0 Å². The summed E-state index contributed by atoms with van der Waals surface area (Å²) in [5.41, 5.74) is 4.03. The standard InChI is InChI=1S/C17H16O/c1-2-6-14(7-3-1)13-18-17-11-10-15-8-4-5-9-16(15)12-17/h1-9,11H,10,12-13H2. The van der Waals surface area contributed by atoms with Crippen molar-refractivity contribution in [3.8, 4) is 0 Å². The van der Waals surface area contributed by atoms with Gasteiger partial charge >= 0.3 is 0 Å². The van der Waals surface area contributed by atoms with Gasteiger partial charge in [0, 0.05) is 6.42 Å². The fourth-order valence-corrected chi connectivity index (χ4v) is 2.27. The van der Waals surface area contributed by atoms with Crippen LogP contribution < -0.4 is 0 Å². The van der Waals surface area contributed by atoms with E-state index in [0.29, 0.717) is 6.61 Å². The predicted octanol–water partition coefficient (Wildman–Crippen LogP) is 3.89. The van der Waals surface area contributed by atoms with Gasteiger partial charge in [-0.3, -0.25) is 0 Å². The van der Waals surface area contributed by atoms with Crippen molar-refractivity contribution >= 4 is 0 Å². The van der Waals surface area contributed by atoms with Crippen molar-refractivity contribution in [1.29, 1.82) is 0 Å². The maximum atomic E-state index is 5.89. The molecule has 1 heteroatoms. The third-order valence-corrected chi connectivity index (χ3v) is 3.30. The van der Waals surface area contributed by atoms with Crippen LogP contribution in [-0.2, 0) is 24.2 Å². The molecule has 0 bridgehead atoms. The molecule has 0 aliphatic heterocycles. The number of allylic oxidation sites excluding steroid dienone is 2. The minimum atomic E-state index is 0.662. The van der Waals surface area contributed by atoms with Gasteiger partial charge in [-0.25, -0.2) is 0 Å². The summed E-state index contributed by atoms with van der Waals surface area (Å²) in [5, 5.41) is 0. The first-order chi connectivity index (χ1) is 8.92. The molecule has 1 nitrogen and oxygen atoms in total. The second kappa shape index (κ2) is 5.09. The van der Waals surface area contributed by atoms with Crippen LogP contribution in [0.25, 0.3) is 0 Å². The Morgan fingerprint density at radius 2 is 1.56 bits per heavy atom. The van der Waals surface area contributed by atoms with Crippen molar-refractivity contribution in [2.24, 2.45) is 0 Å².